The molecule has 0 fully saturated rings. The molecule has 0 saturated heterocycles. The van der Waals surface area contributed by atoms with Gasteiger partial charge in [0.05, 0.1) is 13.2 Å². The van der Waals surface area contributed by atoms with Crippen molar-refractivity contribution in [2.75, 3.05) is 7.11 Å². The topological polar surface area (TPSA) is 44.8 Å². The second-order valence-corrected chi connectivity index (χ2v) is 6.56. The minimum Gasteiger partial charge on any atom is -0.493 e. The van der Waals surface area contributed by atoms with Gasteiger partial charge in [0.2, 0.25) is 0 Å². The largest absolute Gasteiger partial charge is 0.493 e. The van der Waals surface area contributed by atoms with Gasteiger partial charge in [-0.15, -0.1) is 0 Å². The van der Waals surface area contributed by atoms with E-state index in [0.717, 1.165) is 15.6 Å². The van der Waals surface area contributed by atoms with Gasteiger partial charge in [0, 0.05) is 10.5 Å². The van der Waals surface area contributed by atoms with Crippen molar-refractivity contribution in [2.24, 2.45) is 0 Å². The molecule has 0 aliphatic heterocycles. The molecule has 0 heterocycles. The fraction of sp³-hybridized carbons (Fsp3) is 0.250. The quantitative estimate of drug-likeness (QED) is 0.480. The third kappa shape index (κ3) is 6.27. The normalized spacial score (nSPS) is 10.9. The molecule has 0 bridgehead atoms. The summed E-state index contributed by atoms with van der Waals surface area (Å²) in [6.45, 7) is 4.07. The first kappa shape index (κ1) is 19.1. The van der Waals surface area contributed by atoms with Crippen LogP contribution in [0.25, 0.3) is 6.08 Å². The molecule has 0 radical (unpaired) electrons. The van der Waals surface area contributed by atoms with Gasteiger partial charge in [-0.2, -0.15) is 0 Å². The van der Waals surface area contributed by atoms with E-state index in [-0.39, 0.29) is 12.1 Å². The summed E-state index contributed by atoms with van der Waals surface area (Å²) in [5.74, 6) is 0.883. The van der Waals surface area contributed by atoms with E-state index in [1.54, 1.807) is 13.2 Å². The third-order valence-electron chi connectivity index (χ3n) is 3.26. The lowest BCUT2D eigenvalue weighted by molar-refractivity contribution is -0.141. The van der Waals surface area contributed by atoms with Crippen LogP contribution in [0.3, 0.4) is 0 Å². The van der Waals surface area contributed by atoms with Crippen molar-refractivity contribution in [2.45, 2.75) is 26.6 Å². The summed E-state index contributed by atoms with van der Waals surface area (Å²) < 4.78 is 17.3. The molecular formula is C20H21BrO4. The van der Waals surface area contributed by atoms with Crippen molar-refractivity contribution < 1.29 is 19.0 Å². The van der Waals surface area contributed by atoms with Crippen LogP contribution in [0.4, 0.5) is 0 Å². The fourth-order valence-electron chi connectivity index (χ4n) is 2.08. The maximum Gasteiger partial charge on any atom is 0.331 e. The smallest absolute Gasteiger partial charge is 0.331 e. The number of rotatable bonds is 7. The highest BCUT2D eigenvalue weighted by atomic mass is 79.9. The molecule has 132 valence electrons. The average Bonchev–Trinajstić information content (AvgIpc) is 2.59. The van der Waals surface area contributed by atoms with Crippen LogP contribution < -0.4 is 9.47 Å². The minimum absolute atomic E-state index is 0.138. The van der Waals surface area contributed by atoms with E-state index in [9.17, 15) is 4.79 Å². The number of hydrogen-bond acceptors (Lipinski definition) is 4. The zero-order chi connectivity index (χ0) is 18.2. The summed E-state index contributed by atoms with van der Waals surface area (Å²) in [6.07, 6.45) is 2.95. The van der Waals surface area contributed by atoms with Gasteiger partial charge in [-0.1, -0.05) is 34.1 Å². The second kappa shape index (κ2) is 9.28. The minimum atomic E-state index is -0.371. The fourth-order valence-corrected chi connectivity index (χ4v) is 2.35. The molecule has 2 aromatic carbocycles. The molecule has 0 aliphatic carbocycles. The average molecular weight is 405 g/mol. The van der Waals surface area contributed by atoms with Gasteiger partial charge in [-0.3, -0.25) is 0 Å². The number of carbonyl (C=O) groups excluding carboxylic acids is 1. The molecule has 25 heavy (non-hydrogen) atoms. The van der Waals surface area contributed by atoms with Gasteiger partial charge in [0.1, 0.15) is 6.61 Å². The SMILES string of the molecule is COc1cc(/C=C/C(=O)OC(C)C)ccc1OCc1ccc(Br)cc1. The molecule has 0 saturated carbocycles. The summed E-state index contributed by atoms with van der Waals surface area (Å²) >= 11 is 3.41. The van der Waals surface area contributed by atoms with Crippen LogP contribution >= 0.6 is 15.9 Å². The molecule has 4 nitrogen and oxygen atoms in total. The summed E-state index contributed by atoms with van der Waals surface area (Å²) in [7, 11) is 1.59. The number of ether oxygens (including phenoxy) is 3. The lowest BCUT2D eigenvalue weighted by Gasteiger charge is -2.11. The Morgan fingerprint density at radius 1 is 1.12 bits per heavy atom. The van der Waals surface area contributed by atoms with Gasteiger partial charge in [-0.05, 0) is 55.3 Å². The summed E-state index contributed by atoms with van der Waals surface area (Å²) in [5.41, 5.74) is 1.89. The predicted molar refractivity (Wildman–Crippen MR) is 102 cm³/mol. The number of esters is 1. The van der Waals surface area contributed by atoms with E-state index in [0.29, 0.717) is 18.1 Å². The van der Waals surface area contributed by atoms with Crippen molar-refractivity contribution in [1.82, 2.24) is 0 Å². The highest BCUT2D eigenvalue weighted by molar-refractivity contribution is 9.10. The van der Waals surface area contributed by atoms with E-state index in [4.69, 9.17) is 14.2 Å². The lowest BCUT2D eigenvalue weighted by atomic mass is 10.2. The molecule has 0 unspecified atom stereocenters. The van der Waals surface area contributed by atoms with Crippen molar-refractivity contribution in [3.05, 3.63) is 64.1 Å². The number of methoxy groups -OCH3 is 1. The summed E-state index contributed by atoms with van der Waals surface area (Å²) in [4.78, 5) is 11.6. The Balaban J connectivity index is 2.04. The molecule has 0 atom stereocenters. The van der Waals surface area contributed by atoms with Gasteiger partial charge in [0.15, 0.2) is 11.5 Å². The third-order valence-corrected chi connectivity index (χ3v) is 3.79. The first-order chi connectivity index (χ1) is 12.0. The molecule has 0 aromatic heterocycles. The number of halogens is 1. The lowest BCUT2D eigenvalue weighted by Crippen LogP contribution is -2.08. The van der Waals surface area contributed by atoms with Gasteiger partial charge < -0.3 is 14.2 Å². The Labute approximate surface area is 156 Å². The van der Waals surface area contributed by atoms with Crippen LogP contribution in [0.5, 0.6) is 11.5 Å². The monoisotopic (exact) mass is 404 g/mol. The predicted octanol–water partition coefficient (Wildman–Crippen LogP) is 5.00. The van der Waals surface area contributed by atoms with E-state index >= 15 is 0 Å². The van der Waals surface area contributed by atoms with Crippen molar-refractivity contribution in [1.29, 1.82) is 0 Å². The molecule has 5 heteroatoms. The van der Waals surface area contributed by atoms with Gasteiger partial charge in [-0.25, -0.2) is 4.79 Å². The number of benzene rings is 2. The molecule has 0 amide bonds. The Morgan fingerprint density at radius 3 is 2.48 bits per heavy atom. The van der Waals surface area contributed by atoms with Crippen LogP contribution in [-0.4, -0.2) is 19.2 Å². The Kier molecular flexibility index (Phi) is 7.07. The van der Waals surface area contributed by atoms with Crippen LogP contribution in [-0.2, 0) is 16.1 Å². The van der Waals surface area contributed by atoms with Crippen molar-refractivity contribution in [3.63, 3.8) is 0 Å². The zero-order valence-electron chi connectivity index (χ0n) is 14.5. The van der Waals surface area contributed by atoms with Crippen LogP contribution in [0.2, 0.25) is 0 Å². The molecule has 2 aromatic rings. The molecule has 2 rings (SSSR count). The first-order valence-electron chi connectivity index (χ1n) is 7.92. The Morgan fingerprint density at radius 2 is 1.84 bits per heavy atom. The Hall–Kier alpha value is -2.27. The van der Waals surface area contributed by atoms with Gasteiger partial charge >= 0.3 is 5.97 Å². The van der Waals surface area contributed by atoms with Crippen molar-refractivity contribution >= 4 is 28.0 Å². The van der Waals surface area contributed by atoms with E-state index in [2.05, 4.69) is 15.9 Å². The van der Waals surface area contributed by atoms with E-state index in [1.165, 1.54) is 6.08 Å². The zero-order valence-corrected chi connectivity index (χ0v) is 16.1. The van der Waals surface area contributed by atoms with E-state index < -0.39 is 0 Å². The number of hydrogen-bond donors (Lipinski definition) is 0. The second-order valence-electron chi connectivity index (χ2n) is 5.64. The highest BCUT2D eigenvalue weighted by Gasteiger charge is 2.06. The summed E-state index contributed by atoms with van der Waals surface area (Å²) in [5, 5.41) is 0. The van der Waals surface area contributed by atoms with Crippen molar-refractivity contribution in [3.8, 4) is 11.5 Å². The molecule has 0 spiro atoms. The van der Waals surface area contributed by atoms with E-state index in [1.807, 2.05) is 56.3 Å². The van der Waals surface area contributed by atoms with Gasteiger partial charge in [0.25, 0.3) is 0 Å². The van der Waals surface area contributed by atoms with Crippen LogP contribution in [0, 0.1) is 0 Å². The van der Waals surface area contributed by atoms with Crippen LogP contribution in [0.15, 0.2) is 53.0 Å². The molecular weight excluding hydrogens is 384 g/mol. The maximum atomic E-state index is 11.6. The molecule has 0 N–H and O–H groups in total. The highest BCUT2D eigenvalue weighted by Crippen LogP contribution is 2.29. The standard InChI is InChI=1S/C20H21BrO4/c1-14(2)25-20(22)11-7-15-6-10-18(19(12-15)23-3)24-13-16-4-8-17(21)9-5-16/h4-12,14H,13H2,1-3H3/b11-7+. The number of carbonyl (C=O) groups is 1. The molecule has 0 aliphatic rings. The Bertz CT molecular complexity index is 736. The maximum absolute atomic E-state index is 11.6. The first-order valence-corrected chi connectivity index (χ1v) is 8.71. The summed E-state index contributed by atoms with van der Waals surface area (Å²) in [6, 6.07) is 13.4. The van der Waals surface area contributed by atoms with Crippen LogP contribution in [0.1, 0.15) is 25.0 Å².